The van der Waals surface area contributed by atoms with Gasteiger partial charge in [-0.05, 0) is 12.8 Å². The number of carboxylic acids is 1. The van der Waals surface area contributed by atoms with Crippen molar-refractivity contribution in [3.63, 3.8) is 0 Å². The van der Waals surface area contributed by atoms with E-state index < -0.39 is 23.9 Å². The zero-order valence-electron chi connectivity index (χ0n) is 7.73. The van der Waals surface area contributed by atoms with E-state index in [-0.39, 0.29) is 0 Å². The first kappa shape index (κ1) is 10.5. The zero-order valence-corrected chi connectivity index (χ0v) is 7.73. The van der Waals surface area contributed by atoms with Gasteiger partial charge in [-0.3, -0.25) is 4.79 Å². The van der Waals surface area contributed by atoms with Crippen LogP contribution in [0, 0.1) is 0 Å². The molecule has 0 radical (unpaired) electrons. The molecule has 0 bridgehead atoms. The van der Waals surface area contributed by atoms with Gasteiger partial charge in [0.15, 0.2) is 0 Å². The summed E-state index contributed by atoms with van der Waals surface area (Å²) in [6.45, 7) is 0.297. The molecule has 1 amide bonds. The van der Waals surface area contributed by atoms with Crippen LogP contribution >= 0.6 is 0 Å². The average molecular weight is 201 g/mol. The largest absolute Gasteiger partial charge is 0.480 e. The number of esters is 1. The summed E-state index contributed by atoms with van der Waals surface area (Å²) in [6.07, 6.45) is 0.984. The predicted molar refractivity (Wildman–Crippen MR) is 44.4 cm³/mol. The Kier molecular flexibility index (Phi) is 3.06. The third kappa shape index (κ3) is 1.84. The van der Waals surface area contributed by atoms with Crippen LogP contribution in [0.25, 0.3) is 0 Å². The zero-order chi connectivity index (χ0) is 10.7. The quantitative estimate of drug-likeness (QED) is 0.445. The molecule has 1 N–H and O–H groups in total. The second-order valence-electron chi connectivity index (χ2n) is 2.99. The van der Waals surface area contributed by atoms with Gasteiger partial charge in [0.05, 0.1) is 7.11 Å². The Hall–Kier alpha value is -1.59. The fourth-order valence-electron chi connectivity index (χ4n) is 1.47. The molecule has 0 aliphatic carbocycles. The van der Waals surface area contributed by atoms with Crippen molar-refractivity contribution in [3.8, 4) is 0 Å². The Morgan fingerprint density at radius 2 is 2.07 bits per heavy atom. The first-order valence-corrected chi connectivity index (χ1v) is 4.19. The normalized spacial score (nSPS) is 20.6. The van der Waals surface area contributed by atoms with E-state index in [0.29, 0.717) is 19.4 Å². The third-order valence-electron chi connectivity index (χ3n) is 2.16. The lowest BCUT2D eigenvalue weighted by Gasteiger charge is -2.19. The molecule has 1 aliphatic heterocycles. The lowest BCUT2D eigenvalue weighted by Crippen LogP contribution is -2.44. The molecular weight excluding hydrogens is 190 g/mol. The van der Waals surface area contributed by atoms with Crippen molar-refractivity contribution in [2.45, 2.75) is 18.9 Å². The van der Waals surface area contributed by atoms with Crippen LogP contribution < -0.4 is 0 Å². The molecule has 14 heavy (non-hydrogen) atoms. The molecule has 0 unspecified atom stereocenters. The number of hydrogen-bond acceptors (Lipinski definition) is 4. The van der Waals surface area contributed by atoms with E-state index in [4.69, 9.17) is 5.11 Å². The summed E-state index contributed by atoms with van der Waals surface area (Å²) in [5, 5.41) is 8.74. The topological polar surface area (TPSA) is 83.9 Å². The number of aliphatic carboxylic acids is 1. The summed E-state index contributed by atoms with van der Waals surface area (Å²) in [4.78, 5) is 33.9. The summed E-state index contributed by atoms with van der Waals surface area (Å²) in [5.74, 6) is -2.98. The fraction of sp³-hybridized carbons (Fsp3) is 0.625. The second kappa shape index (κ2) is 4.08. The van der Waals surface area contributed by atoms with Gasteiger partial charge in [0.2, 0.25) is 0 Å². The maximum absolute atomic E-state index is 11.3. The molecule has 1 fully saturated rings. The van der Waals surface area contributed by atoms with E-state index in [2.05, 4.69) is 4.74 Å². The van der Waals surface area contributed by atoms with Crippen LogP contribution in [0.4, 0.5) is 0 Å². The van der Waals surface area contributed by atoms with Crippen molar-refractivity contribution in [2.24, 2.45) is 0 Å². The molecule has 0 aromatic rings. The van der Waals surface area contributed by atoms with Gasteiger partial charge in [0.25, 0.3) is 0 Å². The minimum absolute atomic E-state index is 0.297. The molecule has 0 aromatic carbocycles. The predicted octanol–water partition coefficient (Wildman–Crippen LogP) is -0.765. The van der Waals surface area contributed by atoms with Crippen LogP contribution in [0.15, 0.2) is 0 Å². The Morgan fingerprint density at radius 3 is 2.57 bits per heavy atom. The maximum Gasteiger partial charge on any atom is 0.396 e. The van der Waals surface area contributed by atoms with Gasteiger partial charge in [-0.25, -0.2) is 9.59 Å². The van der Waals surface area contributed by atoms with E-state index in [1.54, 1.807) is 0 Å². The molecule has 6 heteroatoms. The van der Waals surface area contributed by atoms with E-state index in [1.165, 1.54) is 0 Å². The van der Waals surface area contributed by atoms with Crippen LogP contribution in [0.5, 0.6) is 0 Å². The molecule has 78 valence electrons. The van der Waals surface area contributed by atoms with Gasteiger partial charge in [0.1, 0.15) is 6.04 Å². The van der Waals surface area contributed by atoms with E-state index in [1.807, 2.05) is 0 Å². The number of nitrogens with zero attached hydrogens (tertiary/aromatic N) is 1. The average Bonchev–Trinajstić information content (AvgIpc) is 2.63. The molecule has 1 rings (SSSR count). The second-order valence-corrected chi connectivity index (χ2v) is 2.99. The molecular formula is C8H11NO5. The van der Waals surface area contributed by atoms with Crippen LogP contribution in [0.3, 0.4) is 0 Å². The van der Waals surface area contributed by atoms with Crippen LogP contribution in [-0.4, -0.2) is 47.5 Å². The number of amides is 1. The van der Waals surface area contributed by atoms with Crippen molar-refractivity contribution >= 4 is 17.8 Å². The van der Waals surface area contributed by atoms with Crippen molar-refractivity contribution in [3.05, 3.63) is 0 Å². The summed E-state index contributed by atoms with van der Waals surface area (Å²) in [5.41, 5.74) is 0. The van der Waals surface area contributed by atoms with Gasteiger partial charge >= 0.3 is 17.8 Å². The van der Waals surface area contributed by atoms with Gasteiger partial charge < -0.3 is 14.7 Å². The highest BCUT2D eigenvalue weighted by molar-refractivity contribution is 6.32. The molecule has 1 aliphatic rings. The number of carbonyl (C=O) groups excluding carboxylic acids is 2. The highest BCUT2D eigenvalue weighted by Crippen LogP contribution is 2.17. The van der Waals surface area contributed by atoms with Gasteiger partial charge in [-0.1, -0.05) is 0 Å². The summed E-state index contributed by atoms with van der Waals surface area (Å²) in [6, 6.07) is -0.887. The minimum Gasteiger partial charge on any atom is -0.480 e. The Morgan fingerprint density at radius 1 is 1.43 bits per heavy atom. The SMILES string of the molecule is COC(=O)C(=O)N1CCC[C@H]1C(=O)O. The van der Waals surface area contributed by atoms with E-state index >= 15 is 0 Å². The fourth-order valence-corrected chi connectivity index (χ4v) is 1.47. The lowest BCUT2D eigenvalue weighted by molar-refractivity contribution is -0.161. The number of ether oxygens (including phenoxy) is 1. The molecule has 0 aromatic heterocycles. The Balaban J connectivity index is 2.72. The summed E-state index contributed by atoms with van der Waals surface area (Å²) in [7, 11) is 1.09. The van der Waals surface area contributed by atoms with Gasteiger partial charge in [0, 0.05) is 6.54 Å². The monoisotopic (exact) mass is 201 g/mol. The molecule has 1 saturated heterocycles. The first-order valence-electron chi connectivity index (χ1n) is 4.19. The van der Waals surface area contributed by atoms with Crippen molar-refractivity contribution in [1.29, 1.82) is 0 Å². The number of rotatable bonds is 1. The summed E-state index contributed by atoms with van der Waals surface area (Å²) >= 11 is 0. The standard InChI is InChI=1S/C8H11NO5/c1-14-8(13)6(10)9-4-2-3-5(9)7(11)12/h5H,2-4H2,1H3,(H,11,12)/t5-/m0/s1. The molecule has 0 spiro atoms. The minimum atomic E-state index is -1.08. The van der Waals surface area contributed by atoms with Gasteiger partial charge in [-0.15, -0.1) is 0 Å². The van der Waals surface area contributed by atoms with Crippen molar-refractivity contribution < 1.29 is 24.2 Å². The molecule has 1 atom stereocenters. The van der Waals surface area contributed by atoms with Crippen molar-refractivity contribution in [2.75, 3.05) is 13.7 Å². The molecule has 0 saturated carbocycles. The number of hydrogen-bond donors (Lipinski definition) is 1. The highest BCUT2D eigenvalue weighted by Gasteiger charge is 2.37. The van der Waals surface area contributed by atoms with Crippen LogP contribution in [0.1, 0.15) is 12.8 Å². The molecule has 6 nitrogen and oxygen atoms in total. The van der Waals surface area contributed by atoms with Crippen LogP contribution in [0.2, 0.25) is 0 Å². The third-order valence-corrected chi connectivity index (χ3v) is 2.16. The van der Waals surface area contributed by atoms with Gasteiger partial charge in [-0.2, -0.15) is 0 Å². The Labute approximate surface area is 80.4 Å². The maximum atomic E-state index is 11.3. The lowest BCUT2D eigenvalue weighted by atomic mass is 10.2. The number of methoxy groups -OCH3 is 1. The molecule has 1 heterocycles. The number of likely N-dealkylation sites (tertiary alicyclic amines) is 1. The number of carboxylic acid groups (broad SMARTS) is 1. The van der Waals surface area contributed by atoms with E-state index in [9.17, 15) is 14.4 Å². The van der Waals surface area contributed by atoms with Crippen molar-refractivity contribution in [1.82, 2.24) is 4.90 Å². The van der Waals surface area contributed by atoms with E-state index in [0.717, 1.165) is 12.0 Å². The Bertz CT molecular complexity index is 275. The van der Waals surface area contributed by atoms with Crippen LogP contribution in [-0.2, 0) is 19.1 Å². The smallest absolute Gasteiger partial charge is 0.396 e. The highest BCUT2D eigenvalue weighted by atomic mass is 16.5. The first-order chi connectivity index (χ1) is 6.57. The summed E-state index contributed by atoms with van der Waals surface area (Å²) < 4.78 is 4.23. The number of carbonyl (C=O) groups is 3.